The molecule has 0 rings (SSSR count). The molecule has 0 aliphatic heterocycles. The molecule has 1 unspecified atom stereocenters. The van der Waals surface area contributed by atoms with E-state index in [1.54, 1.807) is 0 Å². The van der Waals surface area contributed by atoms with Crippen molar-refractivity contribution in [2.45, 2.75) is 18.9 Å². The van der Waals surface area contributed by atoms with Crippen molar-refractivity contribution in [3.63, 3.8) is 0 Å². The Kier molecular flexibility index (Phi) is 6.10. The molecule has 11 heavy (non-hydrogen) atoms. The summed E-state index contributed by atoms with van der Waals surface area (Å²) in [5, 5.41) is 0. The van der Waals surface area contributed by atoms with Crippen LogP contribution in [0.2, 0.25) is 0 Å². The van der Waals surface area contributed by atoms with Crippen LogP contribution < -0.4 is 0 Å². The summed E-state index contributed by atoms with van der Waals surface area (Å²) < 4.78 is 0. The first-order valence-corrected chi connectivity index (χ1v) is 3.25. The number of isocyanates is 2. The fraction of sp³-hybridized carbons (Fsp3) is 0.571. The largest absolute Gasteiger partial charge is 0.235 e. The highest BCUT2D eigenvalue weighted by Gasteiger charge is 2.01. The minimum absolute atomic E-state index is 0.162. The molecule has 0 aromatic carbocycles. The van der Waals surface area contributed by atoms with Gasteiger partial charge in [0.25, 0.3) is 0 Å². The fourth-order valence-corrected chi connectivity index (χ4v) is 0.607. The van der Waals surface area contributed by atoms with Crippen molar-refractivity contribution in [3.8, 4) is 0 Å². The summed E-state index contributed by atoms with van der Waals surface area (Å²) in [6.07, 6.45) is 3.91. The summed E-state index contributed by atoms with van der Waals surface area (Å²) in [5.41, 5.74) is 0. The van der Waals surface area contributed by atoms with E-state index < -0.39 is 0 Å². The predicted molar refractivity (Wildman–Crippen MR) is 39.5 cm³/mol. The Labute approximate surface area is 65.0 Å². The van der Waals surface area contributed by atoms with E-state index in [-0.39, 0.29) is 6.04 Å². The molecule has 0 bridgehead atoms. The maximum absolute atomic E-state index is 9.78. The van der Waals surface area contributed by atoms with Gasteiger partial charge in [0.1, 0.15) is 0 Å². The van der Waals surface area contributed by atoms with Gasteiger partial charge in [-0.1, -0.05) is 6.92 Å². The number of hydrogen-bond donors (Lipinski definition) is 0. The van der Waals surface area contributed by atoms with Gasteiger partial charge in [-0.2, -0.15) is 0 Å². The van der Waals surface area contributed by atoms with E-state index in [0.717, 1.165) is 0 Å². The lowest BCUT2D eigenvalue weighted by atomic mass is 10.2. The molecule has 1 radical (unpaired) electrons. The van der Waals surface area contributed by atoms with E-state index >= 15 is 0 Å². The Morgan fingerprint density at radius 3 is 2.55 bits per heavy atom. The lowest BCUT2D eigenvalue weighted by molar-refractivity contribution is 0.548. The lowest BCUT2D eigenvalue weighted by Gasteiger charge is -2.02. The molecule has 0 amide bonds. The second-order valence-electron chi connectivity index (χ2n) is 1.92. The molecule has 0 fully saturated rings. The number of aliphatic imine (C=N–C) groups is 2. The zero-order valence-electron chi connectivity index (χ0n) is 6.12. The minimum atomic E-state index is -0.162. The summed E-state index contributed by atoms with van der Waals surface area (Å²) in [4.78, 5) is 26.2. The Hall–Kier alpha value is -1.24. The standard InChI is InChI=1S/C7H9N2O2/c1-2-7(9-6-11)3-4-8-5-10/h7H,1-4H2. The molecule has 0 aromatic rings. The molecule has 0 saturated heterocycles. The topological polar surface area (TPSA) is 58.9 Å². The maximum Gasteiger partial charge on any atom is 0.235 e. The van der Waals surface area contributed by atoms with E-state index in [1.165, 1.54) is 12.2 Å². The van der Waals surface area contributed by atoms with Crippen LogP contribution in [0.3, 0.4) is 0 Å². The van der Waals surface area contributed by atoms with Gasteiger partial charge in [0.15, 0.2) is 0 Å². The minimum Gasteiger partial charge on any atom is -0.211 e. The molecule has 1 atom stereocenters. The average molecular weight is 153 g/mol. The number of rotatable bonds is 5. The maximum atomic E-state index is 9.78. The van der Waals surface area contributed by atoms with Crippen molar-refractivity contribution in [3.05, 3.63) is 6.92 Å². The number of hydrogen-bond acceptors (Lipinski definition) is 4. The van der Waals surface area contributed by atoms with E-state index in [0.29, 0.717) is 19.4 Å². The van der Waals surface area contributed by atoms with Gasteiger partial charge in [0.05, 0.1) is 12.6 Å². The molecular formula is C7H9N2O2. The average Bonchev–Trinajstić information content (AvgIpc) is 2.03. The second kappa shape index (κ2) is 6.87. The van der Waals surface area contributed by atoms with Gasteiger partial charge in [-0.05, 0) is 12.8 Å². The highest BCUT2D eigenvalue weighted by atomic mass is 16.1. The quantitative estimate of drug-likeness (QED) is 0.430. The molecule has 4 heteroatoms. The van der Waals surface area contributed by atoms with Crippen molar-refractivity contribution in [1.29, 1.82) is 0 Å². The first kappa shape index (κ1) is 9.76. The van der Waals surface area contributed by atoms with Gasteiger partial charge in [-0.15, -0.1) is 0 Å². The van der Waals surface area contributed by atoms with E-state index in [1.807, 2.05) is 0 Å². The molecule has 4 nitrogen and oxygen atoms in total. The molecule has 0 saturated carbocycles. The van der Waals surface area contributed by atoms with Gasteiger partial charge in [0.2, 0.25) is 12.2 Å². The van der Waals surface area contributed by atoms with Crippen LogP contribution in [0.5, 0.6) is 0 Å². The van der Waals surface area contributed by atoms with Crippen molar-refractivity contribution in [2.75, 3.05) is 6.54 Å². The summed E-state index contributed by atoms with van der Waals surface area (Å²) in [6, 6.07) is -0.162. The molecular weight excluding hydrogens is 144 g/mol. The van der Waals surface area contributed by atoms with E-state index in [9.17, 15) is 9.59 Å². The van der Waals surface area contributed by atoms with Gasteiger partial charge in [0, 0.05) is 0 Å². The van der Waals surface area contributed by atoms with Gasteiger partial charge in [-0.25, -0.2) is 19.6 Å². The second-order valence-corrected chi connectivity index (χ2v) is 1.92. The number of carbonyl (C=O) groups excluding carboxylic acids is 2. The SMILES string of the molecule is [CH2]CC(CCN=C=O)N=C=O. The monoisotopic (exact) mass is 153 g/mol. The van der Waals surface area contributed by atoms with E-state index in [2.05, 4.69) is 16.9 Å². The summed E-state index contributed by atoms with van der Waals surface area (Å²) in [5.74, 6) is 0. The first-order valence-electron chi connectivity index (χ1n) is 3.25. The van der Waals surface area contributed by atoms with Crippen LogP contribution in [0, 0.1) is 6.92 Å². The third-order valence-corrected chi connectivity index (χ3v) is 1.21. The summed E-state index contributed by atoms with van der Waals surface area (Å²) in [7, 11) is 0. The third kappa shape index (κ3) is 5.22. The molecule has 0 aliphatic rings. The third-order valence-electron chi connectivity index (χ3n) is 1.21. The normalized spacial score (nSPS) is 11.0. The van der Waals surface area contributed by atoms with Crippen molar-refractivity contribution in [1.82, 2.24) is 0 Å². The van der Waals surface area contributed by atoms with Crippen LogP contribution in [-0.2, 0) is 9.59 Å². The van der Waals surface area contributed by atoms with Gasteiger partial charge < -0.3 is 0 Å². The van der Waals surface area contributed by atoms with Gasteiger partial charge in [-0.3, -0.25) is 0 Å². The zero-order chi connectivity index (χ0) is 8.53. The van der Waals surface area contributed by atoms with Crippen molar-refractivity contribution < 1.29 is 9.59 Å². The zero-order valence-corrected chi connectivity index (χ0v) is 6.12. The predicted octanol–water partition coefficient (Wildman–Crippen LogP) is 0.641. The summed E-state index contributed by atoms with van der Waals surface area (Å²) in [6.45, 7) is 3.91. The van der Waals surface area contributed by atoms with Crippen LogP contribution >= 0.6 is 0 Å². The molecule has 0 N–H and O–H groups in total. The Bertz CT molecular complexity index is 191. The molecule has 0 heterocycles. The molecule has 0 aliphatic carbocycles. The lowest BCUT2D eigenvalue weighted by Crippen LogP contribution is -2.03. The van der Waals surface area contributed by atoms with Gasteiger partial charge >= 0.3 is 0 Å². The number of nitrogens with zero attached hydrogens (tertiary/aromatic N) is 2. The Morgan fingerprint density at radius 1 is 1.36 bits per heavy atom. The van der Waals surface area contributed by atoms with Crippen LogP contribution in [0.25, 0.3) is 0 Å². The van der Waals surface area contributed by atoms with Crippen LogP contribution in [0.15, 0.2) is 9.98 Å². The van der Waals surface area contributed by atoms with Crippen LogP contribution in [0.4, 0.5) is 0 Å². The first-order chi connectivity index (χ1) is 5.35. The molecule has 0 spiro atoms. The van der Waals surface area contributed by atoms with Crippen LogP contribution in [0.1, 0.15) is 12.8 Å². The van der Waals surface area contributed by atoms with E-state index in [4.69, 9.17) is 0 Å². The highest BCUT2D eigenvalue weighted by Crippen LogP contribution is 2.00. The highest BCUT2D eigenvalue weighted by molar-refractivity contribution is 5.34. The van der Waals surface area contributed by atoms with Crippen molar-refractivity contribution >= 4 is 12.2 Å². The smallest absolute Gasteiger partial charge is 0.211 e. The fourth-order valence-electron chi connectivity index (χ4n) is 0.607. The Morgan fingerprint density at radius 2 is 2.09 bits per heavy atom. The summed E-state index contributed by atoms with van der Waals surface area (Å²) >= 11 is 0. The van der Waals surface area contributed by atoms with Crippen LogP contribution in [-0.4, -0.2) is 24.7 Å². The van der Waals surface area contributed by atoms with Crippen molar-refractivity contribution in [2.24, 2.45) is 9.98 Å². The Balaban J connectivity index is 3.68. The molecule has 59 valence electrons. The molecule has 0 aromatic heterocycles.